The third kappa shape index (κ3) is 4.47. The Bertz CT molecular complexity index is 358. The van der Waals surface area contributed by atoms with Gasteiger partial charge in [0.05, 0.1) is 19.1 Å². The Morgan fingerprint density at radius 2 is 2.10 bits per heavy atom. The van der Waals surface area contributed by atoms with E-state index in [-0.39, 0.29) is 18.4 Å². The second-order valence-corrected chi connectivity index (χ2v) is 6.27. The molecule has 1 aliphatic heterocycles. The van der Waals surface area contributed by atoms with Crippen LogP contribution in [0.1, 0.15) is 45.4 Å². The van der Waals surface area contributed by atoms with Gasteiger partial charge >= 0.3 is 5.97 Å². The molecule has 114 valence electrons. The average Bonchev–Trinajstić information content (AvgIpc) is 2.38. The van der Waals surface area contributed by atoms with Crippen LogP contribution in [0.25, 0.3) is 0 Å². The number of morpholine rings is 1. The SMILES string of the molecule is CC1CCCC(CC(=O)N2CCOC(CC(=O)O)C2)C1. The van der Waals surface area contributed by atoms with Crippen molar-refractivity contribution in [1.82, 2.24) is 4.90 Å². The van der Waals surface area contributed by atoms with Gasteiger partial charge in [0.25, 0.3) is 0 Å². The summed E-state index contributed by atoms with van der Waals surface area (Å²) >= 11 is 0. The van der Waals surface area contributed by atoms with Crippen molar-refractivity contribution < 1.29 is 19.4 Å². The number of carbonyl (C=O) groups excluding carboxylic acids is 1. The first-order chi connectivity index (χ1) is 9.54. The minimum absolute atomic E-state index is 0.0236. The van der Waals surface area contributed by atoms with Gasteiger partial charge in [-0.1, -0.05) is 19.8 Å². The van der Waals surface area contributed by atoms with Crippen molar-refractivity contribution in [2.24, 2.45) is 11.8 Å². The lowest BCUT2D eigenvalue weighted by atomic mass is 9.80. The number of carboxylic acids is 1. The van der Waals surface area contributed by atoms with Crippen LogP contribution in [0.4, 0.5) is 0 Å². The van der Waals surface area contributed by atoms with Crippen LogP contribution < -0.4 is 0 Å². The lowest BCUT2D eigenvalue weighted by molar-refractivity contribution is -0.148. The summed E-state index contributed by atoms with van der Waals surface area (Å²) < 4.78 is 5.40. The fourth-order valence-corrected chi connectivity index (χ4v) is 3.39. The molecule has 3 atom stereocenters. The van der Waals surface area contributed by atoms with E-state index < -0.39 is 5.97 Å². The highest BCUT2D eigenvalue weighted by atomic mass is 16.5. The molecule has 2 rings (SSSR count). The van der Waals surface area contributed by atoms with E-state index in [1.165, 1.54) is 12.8 Å². The molecule has 1 N–H and O–H groups in total. The first kappa shape index (κ1) is 15.3. The van der Waals surface area contributed by atoms with Gasteiger partial charge in [0.15, 0.2) is 0 Å². The molecule has 0 aromatic rings. The number of hydrogen-bond acceptors (Lipinski definition) is 3. The van der Waals surface area contributed by atoms with E-state index in [1.54, 1.807) is 4.90 Å². The van der Waals surface area contributed by atoms with E-state index >= 15 is 0 Å². The number of hydrogen-bond donors (Lipinski definition) is 1. The van der Waals surface area contributed by atoms with Crippen LogP contribution in [-0.2, 0) is 14.3 Å². The molecule has 0 aromatic heterocycles. The fourth-order valence-electron chi connectivity index (χ4n) is 3.39. The predicted octanol–water partition coefficient (Wildman–Crippen LogP) is 1.90. The van der Waals surface area contributed by atoms with Crippen molar-refractivity contribution >= 4 is 11.9 Å². The van der Waals surface area contributed by atoms with E-state index in [9.17, 15) is 9.59 Å². The molecule has 0 bridgehead atoms. The van der Waals surface area contributed by atoms with Crippen LogP contribution in [0.5, 0.6) is 0 Å². The highest BCUT2D eigenvalue weighted by Gasteiger charge is 2.28. The molecule has 1 amide bonds. The number of aliphatic carboxylic acids is 1. The third-order valence-electron chi connectivity index (χ3n) is 4.40. The highest BCUT2D eigenvalue weighted by molar-refractivity contribution is 5.76. The molecule has 5 nitrogen and oxygen atoms in total. The van der Waals surface area contributed by atoms with Gasteiger partial charge in [0, 0.05) is 19.5 Å². The maximum Gasteiger partial charge on any atom is 0.306 e. The summed E-state index contributed by atoms with van der Waals surface area (Å²) in [5.74, 6) is 0.534. The smallest absolute Gasteiger partial charge is 0.306 e. The van der Waals surface area contributed by atoms with Crippen molar-refractivity contribution in [2.75, 3.05) is 19.7 Å². The normalized spacial score (nSPS) is 31.1. The fraction of sp³-hybridized carbons (Fsp3) is 0.867. The van der Waals surface area contributed by atoms with Crippen LogP contribution in [0, 0.1) is 11.8 Å². The Hall–Kier alpha value is -1.10. The van der Waals surface area contributed by atoms with Crippen LogP contribution in [-0.4, -0.2) is 47.7 Å². The largest absolute Gasteiger partial charge is 0.481 e. The molecule has 2 aliphatic rings. The molecule has 3 unspecified atom stereocenters. The molecular formula is C15H25NO4. The quantitative estimate of drug-likeness (QED) is 0.855. The Balaban J connectivity index is 1.80. The highest BCUT2D eigenvalue weighted by Crippen LogP contribution is 2.31. The molecule has 0 aromatic carbocycles. The number of rotatable bonds is 4. The lowest BCUT2D eigenvalue weighted by Crippen LogP contribution is -2.46. The van der Waals surface area contributed by atoms with Crippen molar-refractivity contribution in [3.63, 3.8) is 0 Å². The number of amides is 1. The summed E-state index contributed by atoms with van der Waals surface area (Å²) in [6.45, 7) is 3.73. The van der Waals surface area contributed by atoms with Gasteiger partial charge in [-0.25, -0.2) is 0 Å². The summed E-state index contributed by atoms with van der Waals surface area (Å²) in [4.78, 5) is 24.8. The van der Waals surface area contributed by atoms with E-state index in [4.69, 9.17) is 9.84 Å². The number of carbonyl (C=O) groups is 2. The molecule has 5 heteroatoms. The monoisotopic (exact) mass is 283 g/mol. The van der Waals surface area contributed by atoms with E-state index in [1.807, 2.05) is 0 Å². The van der Waals surface area contributed by atoms with Crippen molar-refractivity contribution in [1.29, 1.82) is 0 Å². The van der Waals surface area contributed by atoms with Crippen molar-refractivity contribution in [3.8, 4) is 0 Å². The minimum Gasteiger partial charge on any atom is -0.481 e. The molecular weight excluding hydrogens is 258 g/mol. The molecule has 0 radical (unpaired) electrons. The number of carboxylic acid groups (broad SMARTS) is 1. The predicted molar refractivity (Wildman–Crippen MR) is 74.3 cm³/mol. The Morgan fingerprint density at radius 3 is 2.80 bits per heavy atom. The van der Waals surface area contributed by atoms with Crippen LogP contribution >= 0.6 is 0 Å². The van der Waals surface area contributed by atoms with Gasteiger partial charge in [0.1, 0.15) is 0 Å². The standard InChI is InChI=1S/C15H25NO4/c1-11-3-2-4-12(7-11)8-14(17)16-5-6-20-13(10-16)9-15(18)19/h11-13H,2-10H2,1H3,(H,18,19). The topological polar surface area (TPSA) is 66.8 Å². The maximum atomic E-state index is 12.3. The van der Waals surface area contributed by atoms with Gasteiger partial charge in [-0.3, -0.25) is 9.59 Å². The van der Waals surface area contributed by atoms with Crippen LogP contribution in [0.2, 0.25) is 0 Å². The van der Waals surface area contributed by atoms with Crippen LogP contribution in [0.3, 0.4) is 0 Å². The number of nitrogens with zero attached hydrogens (tertiary/aromatic N) is 1. The number of ether oxygens (including phenoxy) is 1. The van der Waals surface area contributed by atoms with E-state index in [0.717, 1.165) is 18.8 Å². The van der Waals surface area contributed by atoms with E-state index in [2.05, 4.69) is 6.92 Å². The summed E-state index contributed by atoms with van der Waals surface area (Å²) in [7, 11) is 0. The molecule has 1 saturated heterocycles. The van der Waals surface area contributed by atoms with Gasteiger partial charge in [-0.05, 0) is 24.7 Å². The first-order valence-electron chi connectivity index (χ1n) is 7.65. The molecule has 20 heavy (non-hydrogen) atoms. The van der Waals surface area contributed by atoms with Crippen LogP contribution in [0.15, 0.2) is 0 Å². The van der Waals surface area contributed by atoms with Gasteiger partial charge in [0.2, 0.25) is 5.91 Å². The molecule has 0 spiro atoms. The van der Waals surface area contributed by atoms with Crippen molar-refractivity contribution in [2.45, 2.75) is 51.6 Å². The second-order valence-electron chi connectivity index (χ2n) is 6.27. The lowest BCUT2D eigenvalue weighted by Gasteiger charge is -2.34. The second kappa shape index (κ2) is 7.07. The average molecular weight is 283 g/mol. The molecule has 1 aliphatic carbocycles. The Morgan fingerprint density at radius 1 is 1.30 bits per heavy atom. The summed E-state index contributed by atoms with van der Waals surface area (Å²) in [5.41, 5.74) is 0. The van der Waals surface area contributed by atoms with Gasteiger partial charge in [-0.2, -0.15) is 0 Å². The summed E-state index contributed by atoms with van der Waals surface area (Å²) in [5, 5.41) is 8.80. The Kier molecular flexibility index (Phi) is 5.40. The Labute approximate surface area is 120 Å². The molecule has 1 saturated carbocycles. The zero-order chi connectivity index (χ0) is 14.5. The first-order valence-corrected chi connectivity index (χ1v) is 7.65. The van der Waals surface area contributed by atoms with Crippen molar-refractivity contribution in [3.05, 3.63) is 0 Å². The molecule has 2 fully saturated rings. The van der Waals surface area contributed by atoms with Gasteiger partial charge in [-0.15, -0.1) is 0 Å². The summed E-state index contributed by atoms with van der Waals surface area (Å²) in [6.07, 6.45) is 5.05. The molecule has 1 heterocycles. The third-order valence-corrected chi connectivity index (χ3v) is 4.40. The van der Waals surface area contributed by atoms with E-state index in [0.29, 0.717) is 32.0 Å². The zero-order valence-electron chi connectivity index (χ0n) is 12.2. The summed E-state index contributed by atoms with van der Waals surface area (Å²) in [6, 6.07) is 0. The minimum atomic E-state index is -0.870. The zero-order valence-corrected chi connectivity index (χ0v) is 12.2. The van der Waals surface area contributed by atoms with Gasteiger partial charge < -0.3 is 14.7 Å². The maximum absolute atomic E-state index is 12.3.